The van der Waals surface area contributed by atoms with Crippen LogP contribution in [0.2, 0.25) is 0 Å². The van der Waals surface area contributed by atoms with Gasteiger partial charge in [0.15, 0.2) is 0 Å². The van der Waals surface area contributed by atoms with Crippen molar-refractivity contribution in [3.05, 3.63) is 36.0 Å². The summed E-state index contributed by atoms with van der Waals surface area (Å²) in [5, 5.41) is 31.7. The van der Waals surface area contributed by atoms with Gasteiger partial charge in [-0.25, -0.2) is 4.79 Å². The van der Waals surface area contributed by atoms with Gasteiger partial charge in [-0.15, -0.1) is 0 Å². The molecule has 2 spiro atoms. The number of hydrogen-bond donors (Lipinski definition) is 3. The van der Waals surface area contributed by atoms with Crippen molar-refractivity contribution in [1.82, 2.24) is 0 Å². The minimum atomic E-state index is -0.969. The van der Waals surface area contributed by atoms with E-state index in [2.05, 4.69) is 0 Å². The van der Waals surface area contributed by atoms with E-state index in [-0.39, 0.29) is 32.2 Å². The number of aliphatic hydroxyl groups is 3. The summed E-state index contributed by atoms with van der Waals surface area (Å²) in [5.41, 5.74) is -1.66. The third kappa shape index (κ3) is 4.69. The highest BCUT2D eigenvalue weighted by Crippen LogP contribution is 2.72. The summed E-state index contributed by atoms with van der Waals surface area (Å²) in [5.74, 6) is -1.53. The second-order valence-corrected chi connectivity index (χ2v) is 12.1. The Bertz CT molecular complexity index is 1060. The van der Waals surface area contributed by atoms with Gasteiger partial charge in [-0.2, -0.15) is 0 Å². The molecule has 4 unspecified atom stereocenters. The maximum absolute atomic E-state index is 13.1. The van der Waals surface area contributed by atoms with Crippen LogP contribution in [0.15, 0.2) is 36.0 Å². The number of rotatable bonds is 1. The Labute approximate surface area is 228 Å². The molecule has 0 amide bonds. The maximum atomic E-state index is 13.1. The van der Waals surface area contributed by atoms with Crippen molar-refractivity contribution in [1.29, 1.82) is 0 Å². The lowest BCUT2D eigenvalue weighted by molar-refractivity contribution is -0.239. The number of cyclic esters (lactones) is 1. The van der Waals surface area contributed by atoms with E-state index in [0.29, 0.717) is 13.0 Å². The van der Waals surface area contributed by atoms with E-state index in [1.807, 2.05) is 19.9 Å². The van der Waals surface area contributed by atoms with Gasteiger partial charge in [0.05, 0.1) is 55.6 Å². The standard InChI is InChI=1S/C29H40O10/c1-16-9-23-28(12-19(16)31)14-36-26(34)10-17(2)20(32)13-35-21(18(3)30)7-5-6-8-25(33)39-22-11-24(38-23)29(15-37-29)27(22,28)4/h5-9,17-24,30-32H,10-15H2,1-4H3/t17?,18?,19-,20?,21?,22+,23+,24+,27+,28+,29+/m0/s1. The first-order chi connectivity index (χ1) is 18.4. The molecule has 3 heterocycles. The maximum Gasteiger partial charge on any atom is 0.331 e. The van der Waals surface area contributed by atoms with E-state index in [1.54, 1.807) is 26.0 Å². The minimum absolute atomic E-state index is 0.0547. The Balaban J connectivity index is 1.52. The Morgan fingerprint density at radius 2 is 1.87 bits per heavy atom. The molecule has 1 saturated carbocycles. The van der Waals surface area contributed by atoms with Crippen LogP contribution >= 0.6 is 0 Å². The van der Waals surface area contributed by atoms with Crippen LogP contribution in [0.1, 0.15) is 47.0 Å². The molecule has 0 aromatic carbocycles. The number of carbonyl (C=O) groups is 2. The largest absolute Gasteiger partial charge is 0.465 e. The van der Waals surface area contributed by atoms with Gasteiger partial charge in [-0.1, -0.05) is 38.2 Å². The molecule has 2 saturated heterocycles. The second-order valence-electron chi connectivity index (χ2n) is 12.1. The van der Waals surface area contributed by atoms with E-state index in [0.717, 1.165) is 5.57 Å². The van der Waals surface area contributed by atoms with Crippen LogP contribution in [-0.2, 0) is 33.3 Å². The van der Waals surface area contributed by atoms with Crippen molar-refractivity contribution >= 4 is 11.9 Å². The molecule has 2 aliphatic carbocycles. The Morgan fingerprint density at radius 3 is 2.56 bits per heavy atom. The summed E-state index contributed by atoms with van der Waals surface area (Å²) in [6.45, 7) is 7.40. The zero-order valence-corrected chi connectivity index (χ0v) is 22.9. The Kier molecular flexibility index (Phi) is 7.58. The summed E-state index contributed by atoms with van der Waals surface area (Å²) in [4.78, 5) is 26.0. The lowest BCUT2D eigenvalue weighted by atomic mass is 9.51. The molecule has 3 N–H and O–H groups in total. The average molecular weight is 549 g/mol. The highest BCUT2D eigenvalue weighted by molar-refractivity contribution is 5.82. The van der Waals surface area contributed by atoms with Crippen molar-refractivity contribution in [2.45, 2.75) is 95.3 Å². The lowest BCUT2D eigenvalue weighted by Crippen LogP contribution is -2.68. The van der Waals surface area contributed by atoms with Crippen molar-refractivity contribution < 1.29 is 48.6 Å². The average Bonchev–Trinajstić information content (AvgIpc) is 3.65. The summed E-state index contributed by atoms with van der Waals surface area (Å²) in [6, 6.07) is 0. The molecule has 2 bridgehead atoms. The summed E-state index contributed by atoms with van der Waals surface area (Å²) < 4.78 is 30.2. The number of carbonyl (C=O) groups excluding carboxylic acids is 2. The monoisotopic (exact) mass is 548 g/mol. The molecular formula is C29H40O10. The third-order valence-corrected chi connectivity index (χ3v) is 9.79. The molecule has 5 rings (SSSR count). The van der Waals surface area contributed by atoms with Gasteiger partial charge in [0.2, 0.25) is 0 Å². The van der Waals surface area contributed by atoms with Crippen LogP contribution in [0.4, 0.5) is 0 Å². The van der Waals surface area contributed by atoms with E-state index in [9.17, 15) is 24.9 Å². The molecular weight excluding hydrogens is 508 g/mol. The van der Waals surface area contributed by atoms with Gasteiger partial charge in [-0.3, -0.25) is 4.79 Å². The van der Waals surface area contributed by atoms with Crippen LogP contribution in [0, 0.1) is 16.7 Å². The molecule has 5 aliphatic rings. The SMILES string of the molecule is CC1=C[C@H]2O[C@@H]3C[C@H]4OC(=O)C=CC=CC(C(C)O)OCC(O)C(C)CC(=O)OC[C@@]2(C[C@@H]1O)[C@]4(C)[C@@]31CO1. The fourth-order valence-corrected chi connectivity index (χ4v) is 7.02. The predicted octanol–water partition coefficient (Wildman–Crippen LogP) is 1.36. The topological polar surface area (TPSA) is 144 Å². The summed E-state index contributed by atoms with van der Waals surface area (Å²) >= 11 is 0. The van der Waals surface area contributed by atoms with Gasteiger partial charge < -0.3 is 39.0 Å². The van der Waals surface area contributed by atoms with Crippen LogP contribution in [0.3, 0.4) is 0 Å². The molecule has 0 aromatic heterocycles. The second kappa shape index (κ2) is 10.4. The van der Waals surface area contributed by atoms with Gasteiger partial charge in [0.1, 0.15) is 24.4 Å². The quantitative estimate of drug-likeness (QED) is 0.250. The zero-order valence-electron chi connectivity index (χ0n) is 22.9. The lowest BCUT2D eigenvalue weighted by Gasteiger charge is -2.58. The van der Waals surface area contributed by atoms with E-state index >= 15 is 0 Å². The number of hydrogen-bond acceptors (Lipinski definition) is 10. The normalized spacial score (nSPS) is 47.4. The number of esters is 2. The molecule has 0 aromatic rings. The van der Waals surface area contributed by atoms with Crippen LogP contribution in [0.25, 0.3) is 0 Å². The molecule has 11 atom stereocenters. The first-order valence-electron chi connectivity index (χ1n) is 13.8. The van der Waals surface area contributed by atoms with Gasteiger partial charge in [0.25, 0.3) is 0 Å². The summed E-state index contributed by atoms with van der Waals surface area (Å²) in [6.07, 6.45) is 3.77. The van der Waals surface area contributed by atoms with E-state index in [1.165, 1.54) is 12.2 Å². The van der Waals surface area contributed by atoms with Crippen LogP contribution < -0.4 is 0 Å². The smallest absolute Gasteiger partial charge is 0.331 e. The molecule has 3 aliphatic heterocycles. The van der Waals surface area contributed by atoms with Crippen molar-refractivity contribution in [3.63, 3.8) is 0 Å². The number of aliphatic hydroxyl groups excluding tert-OH is 3. The first-order valence-corrected chi connectivity index (χ1v) is 13.8. The zero-order chi connectivity index (χ0) is 28.2. The van der Waals surface area contributed by atoms with Crippen molar-refractivity contribution in [3.8, 4) is 0 Å². The minimum Gasteiger partial charge on any atom is -0.465 e. The predicted molar refractivity (Wildman–Crippen MR) is 137 cm³/mol. The van der Waals surface area contributed by atoms with Gasteiger partial charge in [-0.05, 0) is 31.8 Å². The molecule has 3 fully saturated rings. The fourth-order valence-electron chi connectivity index (χ4n) is 7.02. The molecule has 10 heteroatoms. The van der Waals surface area contributed by atoms with Crippen LogP contribution in [0.5, 0.6) is 0 Å². The van der Waals surface area contributed by atoms with Gasteiger partial charge >= 0.3 is 11.9 Å². The molecule has 0 radical (unpaired) electrons. The fraction of sp³-hybridized carbons (Fsp3) is 0.724. The first kappa shape index (κ1) is 28.4. The molecule has 10 nitrogen and oxygen atoms in total. The Hall–Kier alpha value is -2.08. The van der Waals surface area contributed by atoms with Crippen LogP contribution in [-0.4, -0.2) is 95.4 Å². The molecule has 39 heavy (non-hydrogen) atoms. The van der Waals surface area contributed by atoms with E-state index < -0.39 is 70.9 Å². The number of epoxide rings is 1. The number of ether oxygens (including phenoxy) is 5. The Morgan fingerprint density at radius 1 is 1.13 bits per heavy atom. The highest BCUT2D eigenvalue weighted by atomic mass is 16.6. The van der Waals surface area contributed by atoms with Gasteiger partial charge in [0, 0.05) is 17.9 Å². The third-order valence-electron chi connectivity index (χ3n) is 9.79. The van der Waals surface area contributed by atoms with Crippen molar-refractivity contribution in [2.24, 2.45) is 16.7 Å². The summed E-state index contributed by atoms with van der Waals surface area (Å²) in [7, 11) is 0. The van der Waals surface area contributed by atoms with E-state index in [4.69, 9.17) is 23.7 Å². The highest BCUT2D eigenvalue weighted by Gasteiger charge is 2.83. The molecule has 216 valence electrons. The van der Waals surface area contributed by atoms with Crippen molar-refractivity contribution in [2.75, 3.05) is 19.8 Å². The number of allylic oxidation sites excluding steroid dienone is 2.